The van der Waals surface area contributed by atoms with E-state index >= 15 is 0 Å². The van der Waals surface area contributed by atoms with Crippen molar-refractivity contribution in [2.45, 2.75) is 32.2 Å². The Balaban J connectivity index is 2.04. The van der Waals surface area contributed by atoms with Crippen molar-refractivity contribution in [3.05, 3.63) is 42.1 Å². The van der Waals surface area contributed by atoms with Crippen molar-refractivity contribution >= 4 is 22.9 Å². The summed E-state index contributed by atoms with van der Waals surface area (Å²) in [4.78, 5) is 14.9. The summed E-state index contributed by atoms with van der Waals surface area (Å²) in [6.45, 7) is 6.84. The summed E-state index contributed by atoms with van der Waals surface area (Å²) in [6.07, 6.45) is 7.24. The van der Waals surface area contributed by atoms with Crippen LogP contribution in [-0.2, 0) is 7.05 Å². The average Bonchev–Trinajstić information content (AvgIpc) is 2.83. The number of hydrogen-bond donors (Lipinski definition) is 0. The summed E-state index contributed by atoms with van der Waals surface area (Å²) in [5.41, 5.74) is 2.98. The van der Waals surface area contributed by atoms with Crippen LogP contribution < -0.4 is 0 Å². The van der Waals surface area contributed by atoms with Crippen LogP contribution in [0.5, 0.6) is 0 Å². The van der Waals surface area contributed by atoms with Gasteiger partial charge < -0.3 is 9.47 Å². The number of likely N-dealkylation sites (tertiary alicyclic amines) is 1. The number of rotatable bonds is 2. The van der Waals surface area contributed by atoms with Crippen LogP contribution in [-0.4, -0.2) is 28.0 Å². The van der Waals surface area contributed by atoms with E-state index in [9.17, 15) is 4.79 Å². The molecule has 1 amide bonds. The van der Waals surface area contributed by atoms with Crippen LogP contribution in [0.4, 0.5) is 0 Å². The van der Waals surface area contributed by atoms with Crippen molar-refractivity contribution in [3.63, 3.8) is 0 Å². The molecule has 3 nitrogen and oxygen atoms in total. The highest BCUT2D eigenvalue weighted by Gasteiger charge is 2.26. The van der Waals surface area contributed by atoms with Gasteiger partial charge in [0.25, 0.3) is 5.91 Å². The zero-order valence-corrected chi connectivity index (χ0v) is 12.8. The smallest absolute Gasteiger partial charge is 0.256 e. The van der Waals surface area contributed by atoms with Gasteiger partial charge in [-0.1, -0.05) is 24.8 Å². The van der Waals surface area contributed by atoms with E-state index in [1.54, 1.807) is 0 Å². The van der Waals surface area contributed by atoms with Gasteiger partial charge in [-0.15, -0.1) is 0 Å². The molecule has 3 heteroatoms. The number of fused-ring (bicyclic) bond motifs is 1. The van der Waals surface area contributed by atoms with E-state index in [2.05, 4.69) is 19.6 Å². The van der Waals surface area contributed by atoms with Gasteiger partial charge in [-0.2, -0.15) is 0 Å². The normalized spacial score (nSPS) is 19.0. The van der Waals surface area contributed by atoms with Gasteiger partial charge in [-0.3, -0.25) is 4.79 Å². The fourth-order valence-electron chi connectivity index (χ4n) is 3.25. The summed E-state index contributed by atoms with van der Waals surface area (Å²) in [5.74, 6) is 0.166. The molecule has 1 atom stereocenters. The summed E-state index contributed by atoms with van der Waals surface area (Å²) >= 11 is 0. The molecule has 1 aromatic heterocycles. The van der Waals surface area contributed by atoms with Gasteiger partial charge in [0.2, 0.25) is 0 Å². The molecule has 0 saturated carbocycles. The topological polar surface area (TPSA) is 25.2 Å². The predicted octanol–water partition coefficient (Wildman–Crippen LogP) is 3.84. The Morgan fingerprint density at radius 1 is 1.38 bits per heavy atom. The number of aromatic nitrogens is 1. The zero-order chi connectivity index (χ0) is 15.0. The quantitative estimate of drug-likeness (QED) is 0.821. The minimum Gasteiger partial charge on any atom is -0.350 e. The van der Waals surface area contributed by atoms with E-state index in [-0.39, 0.29) is 5.91 Å². The lowest BCUT2D eigenvalue weighted by molar-refractivity contribution is 0.0637. The van der Waals surface area contributed by atoms with Crippen LogP contribution in [0.3, 0.4) is 0 Å². The molecule has 1 aliphatic heterocycles. The first-order valence-corrected chi connectivity index (χ1v) is 7.64. The molecule has 1 fully saturated rings. The maximum atomic E-state index is 12.9. The molecular formula is C18H22N2O. The number of hydrogen-bond acceptors (Lipinski definition) is 1. The van der Waals surface area contributed by atoms with Gasteiger partial charge in [-0.05, 0) is 37.8 Å². The third-order valence-corrected chi connectivity index (χ3v) is 4.54. The van der Waals surface area contributed by atoms with E-state index in [1.165, 1.54) is 6.42 Å². The molecule has 1 aromatic carbocycles. The first kappa shape index (κ1) is 13.9. The predicted molar refractivity (Wildman–Crippen MR) is 87.4 cm³/mol. The number of carbonyl (C=O) groups is 1. The highest BCUT2D eigenvalue weighted by atomic mass is 16.2. The first-order valence-electron chi connectivity index (χ1n) is 7.64. The Hall–Kier alpha value is -2.03. The lowest BCUT2D eigenvalue weighted by Crippen LogP contribution is -2.41. The summed E-state index contributed by atoms with van der Waals surface area (Å²) < 4.78 is 2.03. The minimum atomic E-state index is 0.166. The number of amides is 1. The van der Waals surface area contributed by atoms with E-state index in [0.717, 1.165) is 41.4 Å². The Labute approximate surface area is 125 Å². The van der Waals surface area contributed by atoms with Crippen LogP contribution in [0.15, 0.2) is 31.0 Å². The fraction of sp³-hybridized carbons (Fsp3) is 0.389. The summed E-state index contributed by atoms with van der Waals surface area (Å²) in [5, 5.41) is 1.03. The van der Waals surface area contributed by atoms with Crippen molar-refractivity contribution in [1.29, 1.82) is 0 Å². The van der Waals surface area contributed by atoms with Gasteiger partial charge in [0.15, 0.2) is 0 Å². The Kier molecular flexibility index (Phi) is 3.58. The molecule has 1 aliphatic rings. The number of aryl methyl sites for hydroxylation is 1. The van der Waals surface area contributed by atoms with E-state index in [0.29, 0.717) is 6.04 Å². The largest absolute Gasteiger partial charge is 0.350 e. The molecule has 2 heterocycles. The molecule has 1 saturated heterocycles. The number of carbonyl (C=O) groups excluding carboxylic acids is 1. The average molecular weight is 282 g/mol. The van der Waals surface area contributed by atoms with Crippen LogP contribution in [0.1, 0.15) is 42.1 Å². The number of piperidine rings is 1. The van der Waals surface area contributed by atoms with Crippen LogP contribution in [0.2, 0.25) is 0 Å². The second kappa shape index (κ2) is 5.40. The molecule has 110 valence electrons. The molecule has 0 bridgehead atoms. The van der Waals surface area contributed by atoms with Crippen LogP contribution in [0.25, 0.3) is 17.0 Å². The lowest BCUT2D eigenvalue weighted by atomic mass is 10.0. The Bertz CT molecular complexity index is 699. The fourth-order valence-corrected chi connectivity index (χ4v) is 3.25. The van der Waals surface area contributed by atoms with E-state index < -0.39 is 0 Å². The Morgan fingerprint density at radius 2 is 2.19 bits per heavy atom. The highest BCUT2D eigenvalue weighted by molar-refractivity contribution is 6.07. The van der Waals surface area contributed by atoms with Gasteiger partial charge in [0.1, 0.15) is 0 Å². The van der Waals surface area contributed by atoms with Crippen molar-refractivity contribution in [2.24, 2.45) is 7.05 Å². The summed E-state index contributed by atoms with van der Waals surface area (Å²) in [7, 11) is 1.99. The number of benzene rings is 1. The summed E-state index contributed by atoms with van der Waals surface area (Å²) in [6, 6.07) is 6.48. The lowest BCUT2D eigenvalue weighted by Gasteiger charge is -2.33. The van der Waals surface area contributed by atoms with Crippen molar-refractivity contribution < 1.29 is 4.79 Å². The molecule has 0 spiro atoms. The van der Waals surface area contributed by atoms with Gasteiger partial charge in [0, 0.05) is 36.7 Å². The minimum absolute atomic E-state index is 0.166. The van der Waals surface area contributed by atoms with Gasteiger partial charge in [-0.25, -0.2) is 0 Å². The van der Waals surface area contributed by atoms with Gasteiger partial charge >= 0.3 is 0 Å². The first-order chi connectivity index (χ1) is 10.1. The SMILES string of the molecule is C=Cc1ccc2c(C(=O)N3CCCCC3C)cn(C)c2c1. The molecule has 0 N–H and O–H groups in total. The maximum absolute atomic E-state index is 12.9. The molecular weight excluding hydrogens is 260 g/mol. The molecule has 2 aromatic rings. The molecule has 0 radical (unpaired) electrons. The third kappa shape index (κ3) is 2.37. The second-order valence-corrected chi connectivity index (χ2v) is 5.98. The monoisotopic (exact) mass is 282 g/mol. The van der Waals surface area contributed by atoms with Crippen LogP contribution in [0, 0.1) is 0 Å². The van der Waals surface area contributed by atoms with Crippen LogP contribution >= 0.6 is 0 Å². The zero-order valence-electron chi connectivity index (χ0n) is 12.8. The third-order valence-electron chi connectivity index (χ3n) is 4.54. The van der Waals surface area contributed by atoms with E-state index in [1.807, 2.05) is 40.9 Å². The van der Waals surface area contributed by atoms with Gasteiger partial charge in [0.05, 0.1) is 5.56 Å². The van der Waals surface area contributed by atoms with Crippen molar-refractivity contribution in [1.82, 2.24) is 9.47 Å². The van der Waals surface area contributed by atoms with Crippen molar-refractivity contribution in [2.75, 3.05) is 6.54 Å². The second-order valence-electron chi connectivity index (χ2n) is 5.98. The molecule has 0 aliphatic carbocycles. The maximum Gasteiger partial charge on any atom is 0.256 e. The molecule has 21 heavy (non-hydrogen) atoms. The molecule has 1 unspecified atom stereocenters. The van der Waals surface area contributed by atoms with E-state index in [4.69, 9.17) is 0 Å². The Morgan fingerprint density at radius 3 is 2.90 bits per heavy atom. The highest BCUT2D eigenvalue weighted by Crippen LogP contribution is 2.26. The number of nitrogens with zero attached hydrogens (tertiary/aromatic N) is 2. The molecule has 3 rings (SSSR count). The standard InChI is InChI=1S/C18H22N2O/c1-4-14-8-9-15-16(12-19(3)17(15)11-14)18(21)20-10-6-5-7-13(20)2/h4,8-9,11-13H,1,5-7,10H2,2-3H3. The van der Waals surface area contributed by atoms with Crippen molar-refractivity contribution in [3.8, 4) is 0 Å².